The molecule has 0 aliphatic carbocycles. The van der Waals surface area contributed by atoms with Crippen molar-refractivity contribution in [1.82, 2.24) is 36.6 Å². The minimum atomic E-state index is -1.19. The molecule has 22 heteroatoms. The lowest BCUT2D eigenvalue weighted by molar-refractivity contribution is -0.144. The van der Waals surface area contributed by atoms with Crippen LogP contribution in [0.5, 0.6) is 5.75 Å². The zero-order valence-electron chi connectivity index (χ0n) is 48.2. The van der Waals surface area contributed by atoms with Crippen molar-refractivity contribution in [3.63, 3.8) is 0 Å². The Balaban J connectivity index is 0.000000589. The number of aromatic nitrogens is 4. The number of Topliss-reactive ketones (excluding diaryl/α,β-unsaturated/α-hetero) is 3. The lowest BCUT2D eigenvalue weighted by Crippen LogP contribution is -2.41. The van der Waals surface area contributed by atoms with Gasteiger partial charge in [0.15, 0.2) is 11.6 Å². The normalized spacial score (nSPS) is 11.7. The van der Waals surface area contributed by atoms with Gasteiger partial charge in [-0.2, -0.15) is 5.21 Å². The van der Waals surface area contributed by atoms with Gasteiger partial charge in [-0.3, -0.25) is 38.9 Å². The number of carboxylic acids is 2. The van der Waals surface area contributed by atoms with Crippen molar-refractivity contribution < 1.29 is 67.5 Å². The lowest BCUT2D eigenvalue weighted by atomic mass is 9.96. The summed E-state index contributed by atoms with van der Waals surface area (Å²) < 4.78 is 27.2. The van der Waals surface area contributed by atoms with Crippen molar-refractivity contribution in [3.8, 4) is 28.3 Å². The topological polar surface area (TPSA) is 323 Å². The van der Waals surface area contributed by atoms with Crippen LogP contribution in [-0.4, -0.2) is 157 Å². The highest BCUT2D eigenvalue weighted by atomic mass is 16.5. The molecule has 0 aliphatic heterocycles. The number of amides is 2. The summed E-state index contributed by atoms with van der Waals surface area (Å²) in [6.45, 7) is 6.71. The maximum absolute atomic E-state index is 11.9. The molecule has 2 atom stereocenters. The fraction of sp³-hybridized carbons (Fsp3) is 0.661. The summed E-state index contributed by atoms with van der Waals surface area (Å²) >= 11 is 0. The number of aromatic amines is 1. The summed E-state index contributed by atoms with van der Waals surface area (Å²) in [5.41, 5.74) is 8.68. The Hall–Kier alpha value is -6.04. The molecule has 454 valence electrons. The number of nitrogens with two attached hydrogens (primary N) is 1. The van der Waals surface area contributed by atoms with Crippen molar-refractivity contribution in [2.75, 3.05) is 79.2 Å². The molecule has 3 rings (SSSR count). The summed E-state index contributed by atoms with van der Waals surface area (Å²) in [5, 5.41) is 40.2. The predicted molar refractivity (Wildman–Crippen MR) is 307 cm³/mol. The molecule has 3 aromatic rings. The number of nitrogens with zero attached hydrogens (tertiary/aromatic N) is 3. The SMILES string of the molecule is CCC(=O)CC(CCC(=O)NCCOCCOCC(=O)CCCOCCOCC(=O)NCCCC[C@H](NCN)C(=O)CC(=O)O)C(=O)O.CCCCCCCCCCCCCCCOc1ccc(-c2ccc(-c3nn[nH]n3)cc2)cc1. The molecule has 0 aliphatic rings. The third-order valence-corrected chi connectivity index (χ3v) is 13.0. The fourth-order valence-corrected chi connectivity index (χ4v) is 8.32. The van der Waals surface area contributed by atoms with Gasteiger partial charge >= 0.3 is 11.9 Å². The number of H-pyrrole nitrogens is 1. The number of ether oxygens (including phenoxy) is 5. The smallest absolute Gasteiger partial charge is 0.310 e. The molecule has 0 saturated heterocycles. The number of rotatable bonds is 51. The minimum absolute atomic E-state index is 0.00188. The molecule has 81 heavy (non-hydrogen) atoms. The number of hydrogen-bond acceptors (Lipinski definition) is 17. The van der Waals surface area contributed by atoms with Gasteiger partial charge in [0.2, 0.25) is 17.6 Å². The molecule has 0 fully saturated rings. The Labute approximate surface area is 478 Å². The van der Waals surface area contributed by atoms with E-state index in [-0.39, 0.29) is 115 Å². The van der Waals surface area contributed by atoms with Crippen molar-refractivity contribution in [1.29, 1.82) is 0 Å². The largest absolute Gasteiger partial charge is 0.494 e. The van der Waals surface area contributed by atoms with E-state index in [2.05, 4.69) is 79.9 Å². The number of benzene rings is 2. The monoisotopic (exact) mass is 1140 g/mol. The fourth-order valence-electron chi connectivity index (χ4n) is 8.32. The quantitative estimate of drug-likeness (QED) is 0.0163. The van der Waals surface area contributed by atoms with Crippen molar-refractivity contribution in [2.24, 2.45) is 11.7 Å². The second kappa shape index (κ2) is 47.6. The average Bonchev–Trinajstić information content (AvgIpc) is 4.01. The van der Waals surface area contributed by atoms with E-state index in [1.807, 2.05) is 12.1 Å². The molecule has 22 nitrogen and oxygen atoms in total. The zero-order valence-corrected chi connectivity index (χ0v) is 48.2. The molecule has 0 saturated carbocycles. The van der Waals surface area contributed by atoms with Crippen molar-refractivity contribution >= 4 is 41.1 Å². The van der Waals surface area contributed by atoms with Crippen LogP contribution < -0.4 is 26.4 Å². The average molecular weight is 1140 g/mol. The summed E-state index contributed by atoms with van der Waals surface area (Å²) in [7, 11) is 0. The molecule has 8 N–H and O–H groups in total. The number of nitrogens with one attached hydrogen (secondary N) is 4. The molecular weight excluding hydrogens is 1040 g/mol. The van der Waals surface area contributed by atoms with Crippen LogP contribution in [0.4, 0.5) is 0 Å². The van der Waals surface area contributed by atoms with Crippen molar-refractivity contribution in [3.05, 3.63) is 48.5 Å². The van der Waals surface area contributed by atoms with Gasteiger partial charge < -0.3 is 50.3 Å². The highest BCUT2D eigenvalue weighted by Gasteiger charge is 2.22. The molecule has 0 bridgehead atoms. The molecule has 1 heterocycles. The van der Waals surface area contributed by atoms with Gasteiger partial charge in [0.05, 0.1) is 51.6 Å². The minimum Gasteiger partial charge on any atom is -0.494 e. The summed E-state index contributed by atoms with van der Waals surface area (Å²) in [6.07, 6.45) is 19.9. The van der Waals surface area contributed by atoms with E-state index in [9.17, 15) is 38.7 Å². The van der Waals surface area contributed by atoms with E-state index >= 15 is 0 Å². The van der Waals surface area contributed by atoms with Gasteiger partial charge in [-0.1, -0.05) is 127 Å². The van der Waals surface area contributed by atoms with E-state index in [0.29, 0.717) is 44.7 Å². The van der Waals surface area contributed by atoms with Gasteiger partial charge in [-0.05, 0) is 67.0 Å². The van der Waals surface area contributed by atoms with Gasteiger partial charge in [0, 0.05) is 57.6 Å². The number of carbonyl (C=O) groups is 7. The number of hydrogen-bond donors (Lipinski definition) is 7. The first-order valence-electron chi connectivity index (χ1n) is 29.2. The first-order chi connectivity index (χ1) is 39.4. The van der Waals surface area contributed by atoms with Gasteiger partial charge in [-0.25, -0.2) is 0 Å². The molecule has 2 amide bonds. The van der Waals surface area contributed by atoms with E-state index < -0.39 is 36.1 Å². The van der Waals surface area contributed by atoms with Crippen LogP contribution in [0.15, 0.2) is 48.5 Å². The second-order valence-corrected chi connectivity index (χ2v) is 19.8. The van der Waals surface area contributed by atoms with Crippen LogP contribution in [0, 0.1) is 5.92 Å². The maximum Gasteiger partial charge on any atom is 0.310 e. The third kappa shape index (κ3) is 37.6. The number of aliphatic carboxylic acids is 2. The lowest BCUT2D eigenvalue weighted by Gasteiger charge is -2.15. The summed E-state index contributed by atoms with van der Waals surface area (Å²) in [6, 6.07) is 15.9. The highest BCUT2D eigenvalue weighted by molar-refractivity contribution is 5.97. The number of ketones is 3. The Kier molecular flexibility index (Phi) is 41.7. The van der Waals surface area contributed by atoms with E-state index in [1.165, 1.54) is 82.6 Å². The zero-order chi connectivity index (χ0) is 59.0. The van der Waals surface area contributed by atoms with Crippen molar-refractivity contribution in [2.45, 2.75) is 168 Å². The first-order valence-corrected chi connectivity index (χ1v) is 29.2. The standard InChI is InChI=1S/C31H54N4O13.C28H40N4O/c1-2-24(36)18-23(31(43)44)8-9-28(39)34-11-13-46-15-16-47-20-25(37)6-5-12-45-14-17-48-21-29(40)33-10-4-3-7-26(35-22-32)27(38)19-30(41)42;1-2-3-4-5-6-7-8-9-10-11-12-13-14-23-33-27-21-19-25(20-22-27)24-15-17-26(18-16-24)28-29-31-32-30-28/h23,26,35H,2-22,32H2,1H3,(H,33,40)(H,34,39)(H,41,42)(H,43,44);15-22H,2-14,23H2,1H3,(H,29,30,31,32)/t23?,26-;/m0./s1. The van der Waals surface area contributed by atoms with E-state index in [4.69, 9.17) is 34.5 Å². The van der Waals surface area contributed by atoms with Crippen LogP contribution in [0.1, 0.15) is 162 Å². The maximum atomic E-state index is 11.9. The van der Waals surface area contributed by atoms with E-state index in [0.717, 1.165) is 29.9 Å². The molecule has 2 aromatic carbocycles. The third-order valence-electron chi connectivity index (χ3n) is 13.0. The Morgan fingerprint density at radius 3 is 1.75 bits per heavy atom. The molecular formula is C59H94N8O14. The number of unbranched alkanes of at least 4 members (excludes halogenated alkanes) is 13. The summed E-state index contributed by atoms with van der Waals surface area (Å²) in [4.78, 5) is 80.9. The first kappa shape index (κ1) is 71.1. The van der Waals surface area contributed by atoms with Crippen LogP contribution in [-0.2, 0) is 52.5 Å². The number of tetrazole rings is 1. The van der Waals surface area contributed by atoms with Crippen LogP contribution in [0.2, 0.25) is 0 Å². The van der Waals surface area contributed by atoms with Crippen LogP contribution in [0.25, 0.3) is 22.5 Å². The number of carboxylic acid groups (broad SMARTS) is 2. The number of carbonyl (C=O) groups excluding carboxylic acids is 5. The Morgan fingerprint density at radius 2 is 1.16 bits per heavy atom. The molecule has 0 radical (unpaired) electrons. The molecule has 0 spiro atoms. The Morgan fingerprint density at radius 1 is 0.580 bits per heavy atom. The Bertz CT molecular complexity index is 2150. The molecule has 1 unspecified atom stereocenters. The second-order valence-electron chi connectivity index (χ2n) is 19.8. The summed E-state index contributed by atoms with van der Waals surface area (Å²) in [5.74, 6) is -2.88. The molecule has 1 aromatic heterocycles. The van der Waals surface area contributed by atoms with Crippen LogP contribution in [0.3, 0.4) is 0 Å². The van der Waals surface area contributed by atoms with Crippen LogP contribution >= 0.6 is 0 Å². The van der Waals surface area contributed by atoms with Gasteiger partial charge in [0.25, 0.3) is 0 Å². The van der Waals surface area contributed by atoms with E-state index in [1.54, 1.807) is 6.92 Å². The van der Waals surface area contributed by atoms with Gasteiger partial charge in [0.1, 0.15) is 31.2 Å². The van der Waals surface area contributed by atoms with Gasteiger partial charge in [-0.15, -0.1) is 10.2 Å². The predicted octanol–water partition coefficient (Wildman–Crippen LogP) is 7.58. The highest BCUT2D eigenvalue weighted by Crippen LogP contribution is 2.25.